The zero-order valence-electron chi connectivity index (χ0n) is 15.6. The SMILES string of the molecule is COc1cccc(Nc2nc(Nc3cccc(OC)c3)c3ccccc3n2)c1. The number of anilines is 4. The Bertz CT molecular complexity index is 1110. The lowest BCUT2D eigenvalue weighted by atomic mass is 10.2. The van der Waals surface area contributed by atoms with Gasteiger partial charge in [-0.15, -0.1) is 0 Å². The summed E-state index contributed by atoms with van der Waals surface area (Å²) in [4.78, 5) is 9.32. The third-order valence-corrected chi connectivity index (χ3v) is 4.26. The lowest BCUT2D eigenvalue weighted by molar-refractivity contribution is 0.415. The summed E-state index contributed by atoms with van der Waals surface area (Å²) in [6, 6.07) is 23.2. The van der Waals surface area contributed by atoms with Gasteiger partial charge in [-0.2, -0.15) is 4.98 Å². The molecule has 0 spiro atoms. The number of aromatic nitrogens is 2. The van der Waals surface area contributed by atoms with E-state index in [0.717, 1.165) is 33.8 Å². The van der Waals surface area contributed by atoms with Crippen LogP contribution in [0.4, 0.5) is 23.1 Å². The van der Waals surface area contributed by atoms with Gasteiger partial charge < -0.3 is 20.1 Å². The molecule has 0 saturated carbocycles. The standard InChI is InChI=1S/C22H20N4O2/c1-27-17-9-5-7-15(13-17)23-21-19-11-3-4-12-20(19)25-22(26-21)24-16-8-6-10-18(14-16)28-2/h3-14H,1-2H3,(H2,23,24,25,26). The van der Waals surface area contributed by atoms with Gasteiger partial charge in [-0.3, -0.25) is 0 Å². The number of fused-ring (bicyclic) bond motifs is 1. The molecule has 0 unspecified atom stereocenters. The van der Waals surface area contributed by atoms with Crippen molar-refractivity contribution in [2.24, 2.45) is 0 Å². The van der Waals surface area contributed by atoms with Crippen molar-refractivity contribution in [1.82, 2.24) is 9.97 Å². The van der Waals surface area contributed by atoms with E-state index in [1.54, 1.807) is 14.2 Å². The summed E-state index contributed by atoms with van der Waals surface area (Å²) in [5.41, 5.74) is 2.57. The van der Waals surface area contributed by atoms with E-state index in [0.29, 0.717) is 11.8 Å². The molecule has 6 nitrogen and oxygen atoms in total. The van der Waals surface area contributed by atoms with Crippen molar-refractivity contribution in [3.05, 3.63) is 72.8 Å². The second-order valence-electron chi connectivity index (χ2n) is 6.13. The van der Waals surface area contributed by atoms with Gasteiger partial charge in [0.25, 0.3) is 0 Å². The summed E-state index contributed by atoms with van der Waals surface area (Å²) in [6.45, 7) is 0. The molecule has 2 N–H and O–H groups in total. The van der Waals surface area contributed by atoms with Crippen LogP contribution in [0.5, 0.6) is 11.5 Å². The Balaban J connectivity index is 1.72. The number of hydrogen-bond donors (Lipinski definition) is 2. The van der Waals surface area contributed by atoms with Crippen LogP contribution in [-0.4, -0.2) is 24.2 Å². The van der Waals surface area contributed by atoms with E-state index in [1.165, 1.54) is 0 Å². The van der Waals surface area contributed by atoms with Gasteiger partial charge in [-0.25, -0.2) is 4.98 Å². The zero-order chi connectivity index (χ0) is 19.3. The molecule has 28 heavy (non-hydrogen) atoms. The highest BCUT2D eigenvalue weighted by Gasteiger charge is 2.09. The first kappa shape index (κ1) is 17.6. The first-order valence-electron chi connectivity index (χ1n) is 8.84. The number of para-hydroxylation sites is 1. The highest BCUT2D eigenvalue weighted by molar-refractivity contribution is 5.92. The number of benzene rings is 3. The van der Waals surface area contributed by atoms with Crippen molar-refractivity contribution in [2.45, 2.75) is 0 Å². The largest absolute Gasteiger partial charge is 0.497 e. The Hall–Kier alpha value is -3.80. The van der Waals surface area contributed by atoms with E-state index in [1.807, 2.05) is 72.8 Å². The third kappa shape index (κ3) is 3.81. The molecule has 0 aliphatic heterocycles. The molecule has 0 radical (unpaired) electrons. The van der Waals surface area contributed by atoms with Crippen molar-refractivity contribution < 1.29 is 9.47 Å². The van der Waals surface area contributed by atoms with Gasteiger partial charge in [0, 0.05) is 28.9 Å². The van der Waals surface area contributed by atoms with Crippen molar-refractivity contribution in [3.8, 4) is 11.5 Å². The highest BCUT2D eigenvalue weighted by Crippen LogP contribution is 2.28. The number of nitrogens with zero attached hydrogens (tertiary/aromatic N) is 2. The van der Waals surface area contributed by atoms with Crippen LogP contribution < -0.4 is 20.1 Å². The summed E-state index contributed by atoms with van der Waals surface area (Å²) in [5.74, 6) is 2.75. The Morgan fingerprint density at radius 3 is 2.00 bits per heavy atom. The molecule has 4 aromatic rings. The summed E-state index contributed by atoms with van der Waals surface area (Å²) in [6.07, 6.45) is 0. The number of methoxy groups -OCH3 is 2. The van der Waals surface area contributed by atoms with Crippen LogP contribution in [0.25, 0.3) is 10.9 Å². The van der Waals surface area contributed by atoms with E-state index in [9.17, 15) is 0 Å². The average molecular weight is 372 g/mol. The van der Waals surface area contributed by atoms with Crippen LogP contribution in [0.3, 0.4) is 0 Å². The molecule has 140 valence electrons. The monoisotopic (exact) mass is 372 g/mol. The second kappa shape index (κ2) is 7.84. The Morgan fingerprint density at radius 1 is 0.679 bits per heavy atom. The van der Waals surface area contributed by atoms with Crippen molar-refractivity contribution in [3.63, 3.8) is 0 Å². The minimum Gasteiger partial charge on any atom is -0.497 e. The van der Waals surface area contributed by atoms with Gasteiger partial charge in [-0.1, -0.05) is 24.3 Å². The van der Waals surface area contributed by atoms with Crippen LogP contribution in [0.1, 0.15) is 0 Å². The van der Waals surface area contributed by atoms with Gasteiger partial charge in [0.2, 0.25) is 5.95 Å². The normalized spacial score (nSPS) is 10.5. The van der Waals surface area contributed by atoms with Gasteiger partial charge in [-0.05, 0) is 36.4 Å². The fourth-order valence-electron chi connectivity index (χ4n) is 2.90. The van der Waals surface area contributed by atoms with Crippen LogP contribution in [0, 0.1) is 0 Å². The maximum Gasteiger partial charge on any atom is 0.229 e. The lowest BCUT2D eigenvalue weighted by Gasteiger charge is -2.13. The molecule has 0 saturated heterocycles. The molecule has 0 fully saturated rings. The van der Waals surface area contributed by atoms with Gasteiger partial charge >= 0.3 is 0 Å². The molecule has 3 aromatic carbocycles. The molecule has 0 aliphatic rings. The highest BCUT2D eigenvalue weighted by atomic mass is 16.5. The maximum absolute atomic E-state index is 5.31. The molecule has 6 heteroatoms. The quantitative estimate of drug-likeness (QED) is 0.489. The van der Waals surface area contributed by atoms with Gasteiger partial charge in [0.1, 0.15) is 17.3 Å². The summed E-state index contributed by atoms with van der Waals surface area (Å²) in [5, 5.41) is 7.56. The fraction of sp³-hybridized carbons (Fsp3) is 0.0909. The molecule has 0 atom stereocenters. The Morgan fingerprint density at radius 2 is 1.32 bits per heavy atom. The number of hydrogen-bond acceptors (Lipinski definition) is 6. The molecular weight excluding hydrogens is 352 g/mol. The second-order valence-corrected chi connectivity index (χ2v) is 6.13. The van der Waals surface area contributed by atoms with E-state index in [-0.39, 0.29) is 0 Å². The summed E-state index contributed by atoms with van der Waals surface area (Å²) < 4.78 is 10.6. The lowest BCUT2D eigenvalue weighted by Crippen LogP contribution is -2.02. The molecule has 0 amide bonds. The third-order valence-electron chi connectivity index (χ3n) is 4.26. The van der Waals surface area contributed by atoms with Gasteiger partial charge in [0.05, 0.1) is 19.7 Å². The first-order valence-corrected chi connectivity index (χ1v) is 8.84. The maximum atomic E-state index is 5.31. The predicted octanol–water partition coefficient (Wildman–Crippen LogP) is 5.13. The predicted molar refractivity (Wildman–Crippen MR) is 112 cm³/mol. The summed E-state index contributed by atoms with van der Waals surface area (Å²) >= 11 is 0. The van der Waals surface area contributed by atoms with Gasteiger partial charge in [0.15, 0.2) is 0 Å². The Kier molecular flexibility index (Phi) is 4.93. The smallest absolute Gasteiger partial charge is 0.229 e. The number of rotatable bonds is 6. The molecule has 1 heterocycles. The minimum absolute atomic E-state index is 0.498. The summed E-state index contributed by atoms with van der Waals surface area (Å²) in [7, 11) is 3.29. The fourth-order valence-corrected chi connectivity index (χ4v) is 2.90. The van der Waals surface area contributed by atoms with Crippen LogP contribution in [-0.2, 0) is 0 Å². The van der Waals surface area contributed by atoms with E-state index < -0.39 is 0 Å². The van der Waals surface area contributed by atoms with E-state index >= 15 is 0 Å². The zero-order valence-corrected chi connectivity index (χ0v) is 15.6. The molecular formula is C22H20N4O2. The van der Waals surface area contributed by atoms with Crippen molar-refractivity contribution in [2.75, 3.05) is 24.9 Å². The molecule has 4 rings (SSSR count). The Labute approximate surface area is 163 Å². The minimum atomic E-state index is 0.498. The molecule has 1 aromatic heterocycles. The first-order chi connectivity index (χ1) is 13.7. The number of nitrogens with one attached hydrogen (secondary N) is 2. The van der Waals surface area contributed by atoms with Crippen molar-refractivity contribution in [1.29, 1.82) is 0 Å². The topological polar surface area (TPSA) is 68.3 Å². The van der Waals surface area contributed by atoms with Crippen LogP contribution in [0.2, 0.25) is 0 Å². The van der Waals surface area contributed by atoms with E-state index in [2.05, 4.69) is 20.6 Å². The van der Waals surface area contributed by atoms with Crippen LogP contribution >= 0.6 is 0 Å². The van der Waals surface area contributed by atoms with E-state index in [4.69, 9.17) is 9.47 Å². The average Bonchev–Trinajstić information content (AvgIpc) is 2.74. The van der Waals surface area contributed by atoms with Crippen molar-refractivity contribution >= 4 is 34.0 Å². The molecule has 0 aliphatic carbocycles. The molecule has 0 bridgehead atoms. The number of ether oxygens (including phenoxy) is 2. The van der Waals surface area contributed by atoms with Crippen LogP contribution in [0.15, 0.2) is 72.8 Å².